The first-order valence-corrected chi connectivity index (χ1v) is 7.78. The molecule has 7 heteroatoms. The molecule has 0 fully saturated rings. The SMILES string of the molecule is Cc1cc2c(NCCC(=O)NCc3ccco3)ncnc2s1. The first kappa shape index (κ1) is 14.5. The highest BCUT2D eigenvalue weighted by Gasteiger charge is 2.07. The lowest BCUT2D eigenvalue weighted by Gasteiger charge is -2.06. The number of furan rings is 1. The second-order valence-electron chi connectivity index (χ2n) is 4.83. The summed E-state index contributed by atoms with van der Waals surface area (Å²) in [5.74, 6) is 1.48. The fourth-order valence-corrected chi connectivity index (χ4v) is 2.95. The monoisotopic (exact) mass is 316 g/mol. The Balaban J connectivity index is 1.50. The van der Waals surface area contributed by atoms with Crippen molar-refractivity contribution >= 4 is 33.3 Å². The molecule has 0 spiro atoms. The van der Waals surface area contributed by atoms with E-state index < -0.39 is 0 Å². The minimum Gasteiger partial charge on any atom is -0.467 e. The van der Waals surface area contributed by atoms with E-state index in [1.165, 1.54) is 11.2 Å². The van der Waals surface area contributed by atoms with Gasteiger partial charge in [0.15, 0.2) is 0 Å². The zero-order chi connectivity index (χ0) is 15.4. The molecular weight excluding hydrogens is 300 g/mol. The predicted octanol–water partition coefficient (Wildman–Crippen LogP) is 2.71. The van der Waals surface area contributed by atoms with E-state index in [0.29, 0.717) is 19.5 Å². The normalized spacial score (nSPS) is 10.8. The van der Waals surface area contributed by atoms with E-state index in [4.69, 9.17) is 4.42 Å². The van der Waals surface area contributed by atoms with E-state index in [1.807, 2.05) is 13.0 Å². The van der Waals surface area contributed by atoms with Crippen LogP contribution in [-0.2, 0) is 11.3 Å². The van der Waals surface area contributed by atoms with E-state index in [-0.39, 0.29) is 5.91 Å². The third kappa shape index (κ3) is 3.43. The molecule has 22 heavy (non-hydrogen) atoms. The smallest absolute Gasteiger partial charge is 0.222 e. The summed E-state index contributed by atoms with van der Waals surface area (Å²) in [6.07, 6.45) is 3.50. The Morgan fingerprint density at radius 2 is 2.32 bits per heavy atom. The molecular formula is C15H16N4O2S. The highest BCUT2D eigenvalue weighted by Crippen LogP contribution is 2.27. The van der Waals surface area contributed by atoms with Crippen molar-refractivity contribution in [2.45, 2.75) is 19.9 Å². The van der Waals surface area contributed by atoms with Gasteiger partial charge in [-0.25, -0.2) is 9.97 Å². The first-order chi connectivity index (χ1) is 10.7. The van der Waals surface area contributed by atoms with Crippen molar-refractivity contribution in [3.8, 4) is 0 Å². The number of aryl methyl sites for hydroxylation is 1. The third-order valence-electron chi connectivity index (χ3n) is 3.14. The summed E-state index contributed by atoms with van der Waals surface area (Å²) in [4.78, 5) is 22.4. The summed E-state index contributed by atoms with van der Waals surface area (Å²) in [5, 5.41) is 7.01. The molecule has 3 heterocycles. The number of hydrogen-bond donors (Lipinski definition) is 2. The molecule has 0 atom stereocenters. The highest BCUT2D eigenvalue weighted by molar-refractivity contribution is 7.18. The van der Waals surface area contributed by atoms with Gasteiger partial charge in [-0.1, -0.05) is 0 Å². The molecule has 6 nitrogen and oxygen atoms in total. The fraction of sp³-hybridized carbons (Fsp3) is 0.267. The van der Waals surface area contributed by atoms with Crippen LogP contribution in [0.2, 0.25) is 0 Å². The lowest BCUT2D eigenvalue weighted by molar-refractivity contribution is -0.121. The summed E-state index contributed by atoms with van der Waals surface area (Å²) in [6, 6.07) is 5.68. The Kier molecular flexibility index (Phi) is 4.34. The molecule has 0 aliphatic carbocycles. The van der Waals surface area contributed by atoms with E-state index >= 15 is 0 Å². The Morgan fingerprint density at radius 3 is 3.14 bits per heavy atom. The number of nitrogens with one attached hydrogen (secondary N) is 2. The van der Waals surface area contributed by atoms with Crippen molar-refractivity contribution in [1.82, 2.24) is 15.3 Å². The molecule has 1 amide bonds. The van der Waals surface area contributed by atoms with Gasteiger partial charge in [0.05, 0.1) is 18.2 Å². The molecule has 3 aromatic rings. The molecule has 2 N–H and O–H groups in total. The highest BCUT2D eigenvalue weighted by atomic mass is 32.1. The van der Waals surface area contributed by atoms with Gasteiger partial charge < -0.3 is 15.1 Å². The number of aromatic nitrogens is 2. The fourth-order valence-electron chi connectivity index (χ4n) is 2.10. The van der Waals surface area contributed by atoms with Crippen LogP contribution < -0.4 is 10.6 Å². The van der Waals surface area contributed by atoms with Gasteiger partial charge in [-0.2, -0.15) is 0 Å². The molecule has 0 aliphatic heterocycles. The van der Waals surface area contributed by atoms with Crippen LogP contribution in [0.15, 0.2) is 35.2 Å². The number of amides is 1. The van der Waals surface area contributed by atoms with E-state index in [9.17, 15) is 4.79 Å². The van der Waals surface area contributed by atoms with Gasteiger partial charge in [0.1, 0.15) is 22.7 Å². The molecule has 3 rings (SSSR count). The average Bonchev–Trinajstić information content (AvgIpc) is 3.13. The van der Waals surface area contributed by atoms with Crippen LogP contribution in [-0.4, -0.2) is 22.4 Å². The van der Waals surface area contributed by atoms with Crippen LogP contribution in [0.5, 0.6) is 0 Å². The maximum Gasteiger partial charge on any atom is 0.222 e. The molecule has 0 saturated carbocycles. The number of nitrogens with zero attached hydrogens (tertiary/aromatic N) is 2. The largest absolute Gasteiger partial charge is 0.467 e. The van der Waals surface area contributed by atoms with Gasteiger partial charge in [0.25, 0.3) is 0 Å². The second kappa shape index (κ2) is 6.57. The molecule has 0 aliphatic rings. The molecule has 0 radical (unpaired) electrons. The Labute approximate surface area is 131 Å². The summed E-state index contributed by atoms with van der Waals surface area (Å²) in [6.45, 7) is 2.97. The van der Waals surface area contributed by atoms with E-state index in [1.54, 1.807) is 23.7 Å². The third-order valence-corrected chi connectivity index (χ3v) is 4.10. The van der Waals surface area contributed by atoms with Gasteiger partial charge in [-0.05, 0) is 25.1 Å². The lowest BCUT2D eigenvalue weighted by Crippen LogP contribution is -2.24. The van der Waals surface area contributed by atoms with Crippen LogP contribution in [0.4, 0.5) is 5.82 Å². The first-order valence-electron chi connectivity index (χ1n) is 6.96. The van der Waals surface area contributed by atoms with Crippen molar-refractivity contribution in [2.24, 2.45) is 0 Å². The van der Waals surface area contributed by atoms with Gasteiger partial charge in [-0.15, -0.1) is 11.3 Å². The van der Waals surface area contributed by atoms with Gasteiger partial charge in [0, 0.05) is 17.8 Å². The van der Waals surface area contributed by atoms with Crippen LogP contribution in [0, 0.1) is 6.92 Å². The van der Waals surface area contributed by atoms with Crippen molar-refractivity contribution < 1.29 is 9.21 Å². The van der Waals surface area contributed by atoms with Gasteiger partial charge in [-0.3, -0.25) is 4.79 Å². The quantitative estimate of drug-likeness (QED) is 0.731. The van der Waals surface area contributed by atoms with Crippen LogP contribution >= 0.6 is 11.3 Å². The molecule has 0 unspecified atom stereocenters. The number of anilines is 1. The minimum atomic E-state index is -0.0318. The van der Waals surface area contributed by atoms with E-state index in [0.717, 1.165) is 21.8 Å². The number of carbonyl (C=O) groups excluding carboxylic acids is 1. The molecule has 0 bridgehead atoms. The summed E-state index contributed by atoms with van der Waals surface area (Å²) >= 11 is 1.63. The molecule has 0 aromatic carbocycles. The van der Waals surface area contributed by atoms with Crippen molar-refractivity contribution in [3.05, 3.63) is 41.4 Å². The van der Waals surface area contributed by atoms with Gasteiger partial charge in [0.2, 0.25) is 5.91 Å². The Morgan fingerprint density at radius 1 is 1.41 bits per heavy atom. The maximum atomic E-state index is 11.8. The van der Waals surface area contributed by atoms with Crippen LogP contribution in [0.3, 0.4) is 0 Å². The summed E-state index contributed by atoms with van der Waals surface area (Å²) in [5.41, 5.74) is 0. The predicted molar refractivity (Wildman–Crippen MR) is 85.8 cm³/mol. The lowest BCUT2D eigenvalue weighted by atomic mass is 10.3. The minimum absolute atomic E-state index is 0.0318. The van der Waals surface area contributed by atoms with Crippen LogP contribution in [0.1, 0.15) is 17.1 Å². The zero-order valence-electron chi connectivity index (χ0n) is 12.1. The standard InChI is InChI=1S/C15H16N4O2S/c1-10-7-12-14(18-9-19-15(12)22-10)16-5-4-13(20)17-8-11-3-2-6-21-11/h2-3,6-7,9H,4-5,8H2,1H3,(H,17,20)(H,16,18,19). The topological polar surface area (TPSA) is 80.0 Å². The summed E-state index contributed by atoms with van der Waals surface area (Å²) < 4.78 is 5.16. The van der Waals surface area contributed by atoms with E-state index in [2.05, 4.69) is 26.7 Å². The number of carbonyl (C=O) groups is 1. The van der Waals surface area contributed by atoms with Gasteiger partial charge >= 0.3 is 0 Å². The van der Waals surface area contributed by atoms with Crippen LogP contribution in [0.25, 0.3) is 10.2 Å². The summed E-state index contributed by atoms with van der Waals surface area (Å²) in [7, 11) is 0. The zero-order valence-corrected chi connectivity index (χ0v) is 12.9. The Bertz CT molecular complexity index is 767. The maximum absolute atomic E-state index is 11.8. The van der Waals surface area contributed by atoms with Crippen molar-refractivity contribution in [2.75, 3.05) is 11.9 Å². The second-order valence-corrected chi connectivity index (χ2v) is 6.07. The molecule has 114 valence electrons. The van der Waals surface area contributed by atoms with Crippen molar-refractivity contribution in [1.29, 1.82) is 0 Å². The number of rotatable bonds is 6. The molecule has 0 saturated heterocycles. The van der Waals surface area contributed by atoms with Crippen molar-refractivity contribution in [3.63, 3.8) is 0 Å². The Hall–Kier alpha value is -2.41. The number of thiophene rings is 1. The number of hydrogen-bond acceptors (Lipinski definition) is 6. The molecule has 3 aromatic heterocycles. The number of fused-ring (bicyclic) bond motifs is 1. The average molecular weight is 316 g/mol.